The standard InChI is InChI=1S/C25H31N9O2/c1-4-10-27-24(36)20-16-28-25(29-18-6-5-7-19(15-18)33-13-11-26-12-14-33)31-23(20)30-21-8-9-22(35)34(32-21)17(2)3/h4-9,15-17,26H,1,10-14H2,2-3H3,(H,27,36)(H2,28,29,30,31,32). The van der Waals surface area contributed by atoms with Crippen LogP contribution in [0.1, 0.15) is 30.2 Å². The molecule has 11 nitrogen and oxygen atoms in total. The number of nitrogens with zero attached hydrogens (tertiary/aromatic N) is 5. The van der Waals surface area contributed by atoms with E-state index >= 15 is 0 Å². The van der Waals surface area contributed by atoms with Crippen molar-refractivity contribution in [2.45, 2.75) is 19.9 Å². The number of anilines is 5. The summed E-state index contributed by atoms with van der Waals surface area (Å²) in [6, 6.07) is 10.9. The van der Waals surface area contributed by atoms with Crippen molar-refractivity contribution >= 4 is 34.9 Å². The molecule has 36 heavy (non-hydrogen) atoms. The minimum absolute atomic E-state index is 0.125. The molecule has 1 saturated heterocycles. The van der Waals surface area contributed by atoms with Crippen molar-refractivity contribution in [2.24, 2.45) is 0 Å². The van der Waals surface area contributed by atoms with Crippen LogP contribution in [0, 0.1) is 0 Å². The van der Waals surface area contributed by atoms with Gasteiger partial charge in [-0.15, -0.1) is 6.58 Å². The molecule has 0 spiro atoms. The van der Waals surface area contributed by atoms with Crippen molar-refractivity contribution in [3.63, 3.8) is 0 Å². The molecule has 11 heteroatoms. The molecule has 1 amide bonds. The van der Waals surface area contributed by atoms with Crippen molar-refractivity contribution in [1.29, 1.82) is 0 Å². The maximum Gasteiger partial charge on any atom is 0.267 e. The molecule has 1 aromatic carbocycles. The summed E-state index contributed by atoms with van der Waals surface area (Å²) in [6.07, 6.45) is 3.04. The van der Waals surface area contributed by atoms with E-state index in [0.717, 1.165) is 37.6 Å². The summed E-state index contributed by atoms with van der Waals surface area (Å²) in [7, 11) is 0. The van der Waals surface area contributed by atoms with E-state index in [-0.39, 0.29) is 28.9 Å². The minimum Gasteiger partial charge on any atom is -0.369 e. The zero-order valence-electron chi connectivity index (χ0n) is 20.5. The second kappa shape index (κ2) is 11.5. The molecule has 188 valence electrons. The first-order chi connectivity index (χ1) is 17.4. The Balaban J connectivity index is 1.63. The van der Waals surface area contributed by atoms with Crippen molar-refractivity contribution in [3.05, 3.63) is 71.2 Å². The Labute approximate surface area is 209 Å². The van der Waals surface area contributed by atoms with Gasteiger partial charge in [0.05, 0.1) is 6.04 Å². The molecule has 0 radical (unpaired) electrons. The van der Waals surface area contributed by atoms with Gasteiger partial charge in [0.25, 0.3) is 11.5 Å². The second-order valence-electron chi connectivity index (χ2n) is 8.59. The highest BCUT2D eigenvalue weighted by Gasteiger charge is 2.17. The van der Waals surface area contributed by atoms with Gasteiger partial charge >= 0.3 is 0 Å². The summed E-state index contributed by atoms with van der Waals surface area (Å²) < 4.78 is 1.36. The van der Waals surface area contributed by atoms with Crippen LogP contribution >= 0.6 is 0 Å². The Morgan fingerprint density at radius 3 is 2.75 bits per heavy atom. The zero-order chi connectivity index (χ0) is 25.5. The van der Waals surface area contributed by atoms with Crippen LogP contribution in [0.15, 0.2) is 60.0 Å². The van der Waals surface area contributed by atoms with Crippen LogP contribution in [0.2, 0.25) is 0 Å². The maximum absolute atomic E-state index is 12.7. The average Bonchev–Trinajstić information content (AvgIpc) is 2.89. The van der Waals surface area contributed by atoms with Crippen LogP contribution in [-0.4, -0.2) is 58.4 Å². The number of carbonyl (C=O) groups excluding carboxylic acids is 1. The highest BCUT2D eigenvalue weighted by molar-refractivity contribution is 5.99. The van der Waals surface area contributed by atoms with Crippen molar-refractivity contribution in [2.75, 3.05) is 48.3 Å². The number of piperazine rings is 1. The average molecular weight is 490 g/mol. The molecular weight excluding hydrogens is 458 g/mol. The lowest BCUT2D eigenvalue weighted by molar-refractivity contribution is 0.0958. The first kappa shape index (κ1) is 24.9. The highest BCUT2D eigenvalue weighted by Crippen LogP contribution is 2.24. The molecule has 1 aliphatic rings. The van der Waals surface area contributed by atoms with Gasteiger partial charge in [0.2, 0.25) is 5.95 Å². The van der Waals surface area contributed by atoms with Crippen LogP contribution < -0.4 is 31.7 Å². The van der Waals surface area contributed by atoms with Crippen LogP contribution in [0.25, 0.3) is 0 Å². The quantitative estimate of drug-likeness (QED) is 0.335. The molecule has 4 N–H and O–H groups in total. The van der Waals surface area contributed by atoms with E-state index in [2.05, 4.69) is 53.9 Å². The number of rotatable bonds is 9. The lowest BCUT2D eigenvalue weighted by Crippen LogP contribution is -2.43. The Morgan fingerprint density at radius 1 is 1.19 bits per heavy atom. The van der Waals surface area contributed by atoms with Gasteiger partial charge in [-0.2, -0.15) is 10.1 Å². The van der Waals surface area contributed by atoms with E-state index in [1.54, 1.807) is 12.1 Å². The summed E-state index contributed by atoms with van der Waals surface area (Å²) in [5.74, 6) is 0.592. The maximum atomic E-state index is 12.7. The van der Waals surface area contributed by atoms with Gasteiger partial charge in [-0.1, -0.05) is 12.1 Å². The molecule has 2 aromatic heterocycles. The fourth-order valence-electron chi connectivity index (χ4n) is 3.78. The summed E-state index contributed by atoms with van der Waals surface area (Å²) in [6.45, 7) is 11.4. The fourth-order valence-corrected chi connectivity index (χ4v) is 3.78. The topological polar surface area (TPSA) is 129 Å². The Hall–Kier alpha value is -4.25. The van der Waals surface area contributed by atoms with Crippen LogP contribution in [-0.2, 0) is 0 Å². The third-order valence-electron chi connectivity index (χ3n) is 5.59. The van der Waals surface area contributed by atoms with Crippen molar-refractivity contribution in [3.8, 4) is 0 Å². The first-order valence-corrected chi connectivity index (χ1v) is 11.9. The number of nitrogens with one attached hydrogen (secondary N) is 4. The fraction of sp³-hybridized carbons (Fsp3) is 0.320. The molecule has 0 aliphatic carbocycles. The second-order valence-corrected chi connectivity index (χ2v) is 8.59. The SMILES string of the molecule is C=CCNC(=O)c1cnc(Nc2cccc(N3CCNCC3)c2)nc1Nc1ccc(=O)n(C(C)C)n1. The number of aromatic nitrogens is 4. The van der Waals surface area contributed by atoms with Crippen LogP contribution in [0.3, 0.4) is 0 Å². The van der Waals surface area contributed by atoms with Gasteiger partial charge < -0.3 is 26.2 Å². The number of hydrogen-bond donors (Lipinski definition) is 4. The van der Waals surface area contributed by atoms with Crippen LogP contribution in [0.4, 0.5) is 29.0 Å². The van der Waals surface area contributed by atoms with E-state index in [9.17, 15) is 9.59 Å². The molecule has 0 atom stereocenters. The predicted molar refractivity (Wildman–Crippen MR) is 142 cm³/mol. The van der Waals surface area contributed by atoms with Crippen LogP contribution in [0.5, 0.6) is 0 Å². The number of carbonyl (C=O) groups is 1. The van der Waals surface area contributed by atoms with Crippen molar-refractivity contribution in [1.82, 2.24) is 30.4 Å². The molecule has 0 unspecified atom stereocenters. The first-order valence-electron chi connectivity index (χ1n) is 11.9. The number of benzene rings is 1. The monoisotopic (exact) mass is 489 g/mol. The summed E-state index contributed by atoms with van der Waals surface area (Å²) in [4.78, 5) is 36.1. The molecule has 4 rings (SSSR count). The lowest BCUT2D eigenvalue weighted by Gasteiger charge is -2.29. The molecule has 0 bridgehead atoms. The van der Waals surface area contributed by atoms with E-state index in [1.165, 1.54) is 16.9 Å². The highest BCUT2D eigenvalue weighted by atomic mass is 16.1. The molecular formula is C25H31N9O2. The van der Waals surface area contributed by atoms with Gasteiger partial charge in [0, 0.05) is 56.4 Å². The van der Waals surface area contributed by atoms with Crippen molar-refractivity contribution < 1.29 is 4.79 Å². The molecule has 3 aromatic rings. The zero-order valence-corrected chi connectivity index (χ0v) is 20.5. The largest absolute Gasteiger partial charge is 0.369 e. The van der Waals surface area contributed by atoms with Gasteiger partial charge in [-0.25, -0.2) is 9.67 Å². The van der Waals surface area contributed by atoms with Gasteiger partial charge in [-0.05, 0) is 38.1 Å². The van der Waals surface area contributed by atoms with Gasteiger partial charge in [0.1, 0.15) is 11.4 Å². The third kappa shape index (κ3) is 6.05. The molecule has 1 aliphatic heterocycles. The van der Waals surface area contributed by atoms with Gasteiger partial charge in [-0.3, -0.25) is 9.59 Å². The van der Waals surface area contributed by atoms with E-state index < -0.39 is 0 Å². The molecule has 3 heterocycles. The normalized spacial score (nSPS) is 13.4. The Kier molecular flexibility index (Phi) is 7.91. The number of hydrogen-bond acceptors (Lipinski definition) is 9. The Morgan fingerprint density at radius 2 is 2.00 bits per heavy atom. The summed E-state index contributed by atoms with van der Waals surface area (Å²) in [5.41, 5.74) is 1.96. The minimum atomic E-state index is -0.359. The Bertz CT molecular complexity index is 1280. The van der Waals surface area contributed by atoms with E-state index in [0.29, 0.717) is 18.3 Å². The molecule has 1 fully saturated rings. The summed E-state index contributed by atoms with van der Waals surface area (Å²) >= 11 is 0. The smallest absolute Gasteiger partial charge is 0.267 e. The number of amides is 1. The molecule has 0 saturated carbocycles. The van der Waals surface area contributed by atoms with E-state index in [4.69, 9.17) is 0 Å². The predicted octanol–water partition coefficient (Wildman–Crippen LogP) is 2.43. The van der Waals surface area contributed by atoms with E-state index in [1.807, 2.05) is 32.0 Å². The third-order valence-corrected chi connectivity index (χ3v) is 5.59. The van der Waals surface area contributed by atoms with Gasteiger partial charge in [0.15, 0.2) is 5.82 Å². The summed E-state index contributed by atoms with van der Waals surface area (Å²) in [5, 5.41) is 16.8. The lowest BCUT2D eigenvalue weighted by atomic mass is 10.2.